The Balaban J connectivity index is 1.93. The van der Waals surface area contributed by atoms with Crippen molar-refractivity contribution in [1.82, 2.24) is 4.90 Å². The van der Waals surface area contributed by atoms with Crippen LogP contribution in [-0.4, -0.2) is 31.1 Å². The molecule has 5 nitrogen and oxygen atoms in total. The van der Waals surface area contributed by atoms with E-state index in [0.717, 1.165) is 23.6 Å². The maximum Gasteiger partial charge on any atom is 0.257 e. The Morgan fingerprint density at radius 3 is 2.82 bits per heavy atom. The van der Waals surface area contributed by atoms with Gasteiger partial charge in [0, 0.05) is 25.9 Å². The highest BCUT2D eigenvalue weighted by Gasteiger charge is 2.33. The largest absolute Gasteiger partial charge is 0.462 e. The molecule has 1 aromatic heterocycles. The van der Waals surface area contributed by atoms with Crippen LogP contribution in [0.5, 0.6) is 0 Å². The number of carbonyl (C=O) groups is 1. The Kier molecular flexibility index (Phi) is 4.15. The van der Waals surface area contributed by atoms with Gasteiger partial charge in [-0.25, -0.2) is 0 Å². The number of rotatable bonds is 5. The van der Waals surface area contributed by atoms with Crippen molar-refractivity contribution in [3.05, 3.63) is 53.5 Å². The van der Waals surface area contributed by atoms with Gasteiger partial charge in [-0.15, -0.1) is 0 Å². The summed E-state index contributed by atoms with van der Waals surface area (Å²) in [6, 6.07) is 11.4. The molecule has 2 aromatic rings. The molecule has 2 heterocycles. The molecule has 0 fully saturated rings. The van der Waals surface area contributed by atoms with E-state index in [4.69, 9.17) is 9.15 Å². The molecule has 0 bridgehead atoms. The highest BCUT2D eigenvalue weighted by Crippen LogP contribution is 2.33. The van der Waals surface area contributed by atoms with Crippen LogP contribution in [-0.2, 0) is 4.74 Å². The Morgan fingerprint density at radius 2 is 2.09 bits per heavy atom. The first-order chi connectivity index (χ1) is 10.7. The number of furan rings is 1. The second-order valence-electron chi connectivity index (χ2n) is 5.39. The number of nitrogens with one attached hydrogen (secondary N) is 1. The summed E-state index contributed by atoms with van der Waals surface area (Å²) in [5.74, 6) is 1.60. The number of amides is 1. The van der Waals surface area contributed by atoms with Crippen molar-refractivity contribution in [3.63, 3.8) is 0 Å². The van der Waals surface area contributed by atoms with Crippen LogP contribution < -0.4 is 5.32 Å². The molecule has 1 aliphatic rings. The predicted octanol–water partition coefficient (Wildman–Crippen LogP) is 3.19. The lowest BCUT2D eigenvalue weighted by Crippen LogP contribution is -2.43. The van der Waals surface area contributed by atoms with Gasteiger partial charge < -0.3 is 19.4 Å². The van der Waals surface area contributed by atoms with Gasteiger partial charge in [-0.1, -0.05) is 12.1 Å². The SMILES string of the molecule is COCCCN1C(=O)c2ccccc2NC1c1ccc(C)o1. The van der Waals surface area contributed by atoms with Crippen molar-refractivity contribution in [2.45, 2.75) is 19.5 Å². The molecule has 3 rings (SSSR count). The molecule has 0 saturated heterocycles. The van der Waals surface area contributed by atoms with Crippen molar-refractivity contribution < 1.29 is 13.9 Å². The summed E-state index contributed by atoms with van der Waals surface area (Å²) in [6.07, 6.45) is 0.496. The van der Waals surface area contributed by atoms with Crippen molar-refractivity contribution in [2.75, 3.05) is 25.6 Å². The Morgan fingerprint density at radius 1 is 1.27 bits per heavy atom. The standard InChI is InChI=1S/C17H20N2O3/c1-12-8-9-15(22-12)16-18-14-7-4-3-6-13(14)17(20)19(16)10-5-11-21-2/h3-4,6-9,16,18H,5,10-11H2,1-2H3. The number of hydrogen-bond donors (Lipinski definition) is 1. The average Bonchev–Trinajstić information content (AvgIpc) is 2.96. The summed E-state index contributed by atoms with van der Waals surface area (Å²) < 4.78 is 10.8. The number of ether oxygens (including phenoxy) is 1. The topological polar surface area (TPSA) is 54.7 Å². The fourth-order valence-corrected chi connectivity index (χ4v) is 2.73. The van der Waals surface area contributed by atoms with Gasteiger partial charge in [0.2, 0.25) is 0 Å². The molecule has 1 unspecified atom stereocenters. The molecule has 1 atom stereocenters. The first kappa shape index (κ1) is 14.7. The van der Waals surface area contributed by atoms with Crippen molar-refractivity contribution in [2.24, 2.45) is 0 Å². The third-order valence-corrected chi connectivity index (χ3v) is 3.80. The van der Waals surface area contributed by atoms with Crippen LogP contribution >= 0.6 is 0 Å². The minimum atomic E-state index is -0.284. The van der Waals surface area contributed by atoms with Crippen molar-refractivity contribution in [3.8, 4) is 0 Å². The van der Waals surface area contributed by atoms with E-state index in [1.165, 1.54) is 0 Å². The van der Waals surface area contributed by atoms with E-state index in [0.29, 0.717) is 18.7 Å². The lowest BCUT2D eigenvalue weighted by Gasteiger charge is -2.36. The summed E-state index contributed by atoms with van der Waals surface area (Å²) in [6.45, 7) is 3.13. The molecule has 1 amide bonds. The summed E-state index contributed by atoms with van der Waals surface area (Å²) in [7, 11) is 1.67. The monoisotopic (exact) mass is 300 g/mol. The minimum Gasteiger partial charge on any atom is -0.462 e. The molecule has 116 valence electrons. The first-order valence-corrected chi connectivity index (χ1v) is 7.42. The van der Waals surface area contributed by atoms with E-state index in [9.17, 15) is 4.79 Å². The van der Waals surface area contributed by atoms with Crippen LogP contribution in [0.3, 0.4) is 0 Å². The molecule has 0 spiro atoms. The second-order valence-corrected chi connectivity index (χ2v) is 5.39. The van der Waals surface area contributed by atoms with Gasteiger partial charge in [0.15, 0.2) is 6.17 Å². The number of carbonyl (C=O) groups excluding carboxylic acids is 1. The summed E-state index contributed by atoms with van der Waals surface area (Å²) in [4.78, 5) is 14.6. The van der Waals surface area contributed by atoms with Gasteiger partial charge in [0.05, 0.1) is 5.56 Å². The van der Waals surface area contributed by atoms with Crippen LogP contribution in [0, 0.1) is 6.92 Å². The number of nitrogens with zero attached hydrogens (tertiary/aromatic N) is 1. The molecule has 22 heavy (non-hydrogen) atoms. The third-order valence-electron chi connectivity index (χ3n) is 3.80. The molecule has 1 aliphatic heterocycles. The highest BCUT2D eigenvalue weighted by molar-refractivity contribution is 6.01. The number of para-hydroxylation sites is 1. The Labute approximate surface area is 129 Å². The van der Waals surface area contributed by atoms with Crippen LogP contribution in [0.1, 0.15) is 34.5 Å². The number of methoxy groups -OCH3 is 1. The van der Waals surface area contributed by atoms with Crippen LogP contribution in [0.4, 0.5) is 5.69 Å². The zero-order chi connectivity index (χ0) is 15.5. The normalized spacial score (nSPS) is 17.3. The summed E-state index contributed by atoms with van der Waals surface area (Å²) in [5, 5.41) is 3.40. The predicted molar refractivity (Wildman–Crippen MR) is 83.8 cm³/mol. The molecule has 1 N–H and O–H groups in total. The van der Waals surface area contributed by atoms with Gasteiger partial charge in [0.25, 0.3) is 5.91 Å². The molecule has 0 aliphatic carbocycles. The van der Waals surface area contributed by atoms with E-state index in [1.807, 2.05) is 43.3 Å². The van der Waals surface area contributed by atoms with Crippen LogP contribution in [0.2, 0.25) is 0 Å². The smallest absolute Gasteiger partial charge is 0.257 e. The molecule has 0 saturated carbocycles. The number of benzene rings is 1. The highest BCUT2D eigenvalue weighted by atomic mass is 16.5. The third kappa shape index (κ3) is 2.72. The number of fused-ring (bicyclic) bond motifs is 1. The Bertz CT molecular complexity index is 665. The Hall–Kier alpha value is -2.27. The molecule has 0 radical (unpaired) electrons. The first-order valence-electron chi connectivity index (χ1n) is 7.42. The average molecular weight is 300 g/mol. The van der Waals surface area contributed by atoms with E-state index in [1.54, 1.807) is 12.0 Å². The van der Waals surface area contributed by atoms with Crippen molar-refractivity contribution in [1.29, 1.82) is 0 Å². The van der Waals surface area contributed by atoms with E-state index in [2.05, 4.69) is 5.32 Å². The fraction of sp³-hybridized carbons (Fsp3) is 0.353. The zero-order valence-corrected chi connectivity index (χ0v) is 12.8. The van der Waals surface area contributed by atoms with Gasteiger partial charge in [-0.2, -0.15) is 0 Å². The number of aryl methyl sites for hydroxylation is 1. The van der Waals surface area contributed by atoms with Crippen LogP contribution in [0.25, 0.3) is 0 Å². The van der Waals surface area contributed by atoms with E-state index < -0.39 is 0 Å². The van der Waals surface area contributed by atoms with Gasteiger partial charge >= 0.3 is 0 Å². The molecular formula is C17H20N2O3. The maximum absolute atomic E-state index is 12.8. The molecular weight excluding hydrogens is 280 g/mol. The summed E-state index contributed by atoms with van der Waals surface area (Å²) in [5.41, 5.74) is 1.54. The maximum atomic E-state index is 12.8. The lowest BCUT2D eigenvalue weighted by molar-refractivity contribution is 0.0638. The molecule has 1 aromatic carbocycles. The second kappa shape index (κ2) is 6.23. The number of hydrogen-bond acceptors (Lipinski definition) is 4. The number of anilines is 1. The van der Waals surface area contributed by atoms with Gasteiger partial charge in [-0.3, -0.25) is 4.79 Å². The quantitative estimate of drug-likeness (QED) is 0.862. The summed E-state index contributed by atoms with van der Waals surface area (Å²) >= 11 is 0. The molecule has 5 heteroatoms. The van der Waals surface area contributed by atoms with Crippen molar-refractivity contribution >= 4 is 11.6 Å². The van der Waals surface area contributed by atoms with E-state index >= 15 is 0 Å². The minimum absolute atomic E-state index is 0.0181. The van der Waals surface area contributed by atoms with Gasteiger partial charge in [0.1, 0.15) is 11.5 Å². The lowest BCUT2D eigenvalue weighted by atomic mass is 10.1. The fourth-order valence-electron chi connectivity index (χ4n) is 2.73. The van der Waals surface area contributed by atoms with Gasteiger partial charge in [-0.05, 0) is 37.6 Å². The van der Waals surface area contributed by atoms with E-state index in [-0.39, 0.29) is 12.1 Å². The van der Waals surface area contributed by atoms with Crippen LogP contribution in [0.15, 0.2) is 40.8 Å². The zero-order valence-electron chi connectivity index (χ0n) is 12.8.